The van der Waals surface area contributed by atoms with Crippen LogP contribution in [0.1, 0.15) is 106 Å². The van der Waals surface area contributed by atoms with Crippen molar-refractivity contribution in [3.8, 4) is 56.8 Å². The second-order valence-electron chi connectivity index (χ2n) is 19.6. The van der Waals surface area contributed by atoms with Gasteiger partial charge in [-0.2, -0.15) is 10.2 Å². The van der Waals surface area contributed by atoms with Crippen LogP contribution in [0.4, 0.5) is 20.2 Å². The monoisotopic (exact) mass is 1050 g/mol. The second kappa shape index (κ2) is 24.0. The van der Waals surface area contributed by atoms with Gasteiger partial charge in [-0.1, -0.05) is 48.5 Å². The van der Waals surface area contributed by atoms with Crippen molar-refractivity contribution >= 4 is 22.9 Å². The van der Waals surface area contributed by atoms with Crippen LogP contribution in [-0.2, 0) is 26.9 Å². The molecule has 0 atom stereocenters. The molecule has 396 valence electrons. The molecule has 2 fully saturated rings. The van der Waals surface area contributed by atoms with Crippen LogP contribution in [0.5, 0.6) is 11.5 Å². The second-order valence-corrected chi connectivity index (χ2v) is 19.6. The quantitative estimate of drug-likeness (QED) is 0.0772. The van der Waals surface area contributed by atoms with Crippen molar-refractivity contribution in [1.82, 2.24) is 39.5 Å². The van der Waals surface area contributed by atoms with Crippen molar-refractivity contribution in [3.63, 3.8) is 0 Å². The lowest BCUT2D eigenvalue weighted by Crippen LogP contribution is -2.26. The predicted octanol–water partition coefficient (Wildman–Crippen LogP) is 11.3. The number of benzene rings is 4. The van der Waals surface area contributed by atoms with Gasteiger partial charge in [0, 0.05) is 51.4 Å². The summed E-state index contributed by atoms with van der Waals surface area (Å²) >= 11 is 0. The topological polar surface area (TPSA) is 201 Å². The highest BCUT2D eigenvalue weighted by atomic mass is 19.1. The average Bonchev–Trinajstić information content (AvgIpc) is 4.07. The minimum absolute atomic E-state index is 0.0931. The number of aromatic nitrogens is 8. The van der Waals surface area contributed by atoms with E-state index in [1.807, 2.05) is 38.4 Å². The molecule has 4 N–H and O–H groups in total. The van der Waals surface area contributed by atoms with Gasteiger partial charge in [0.1, 0.15) is 34.5 Å². The van der Waals surface area contributed by atoms with E-state index in [-0.39, 0.29) is 82.5 Å². The summed E-state index contributed by atoms with van der Waals surface area (Å²) in [6, 6.07) is 24.4. The molecule has 2 saturated carbocycles. The number of rotatable bonds is 14. The fourth-order valence-corrected chi connectivity index (χ4v) is 10.7. The Morgan fingerprint density at radius 2 is 1.00 bits per heavy atom. The first-order valence-electron chi connectivity index (χ1n) is 25.7. The predicted molar refractivity (Wildman–Crippen MR) is 292 cm³/mol. The zero-order chi connectivity index (χ0) is 55.0. The van der Waals surface area contributed by atoms with E-state index < -0.39 is 11.6 Å². The van der Waals surface area contributed by atoms with Crippen LogP contribution >= 0.6 is 0 Å². The summed E-state index contributed by atoms with van der Waals surface area (Å²) in [4.78, 5) is 51.5. The molecule has 0 spiro atoms. The zero-order valence-corrected chi connectivity index (χ0v) is 43.8. The highest BCUT2D eigenvalue weighted by Gasteiger charge is 2.28. The first kappa shape index (κ1) is 54.0. The number of nitrogens with two attached hydrogens (primary N) is 2. The van der Waals surface area contributed by atoms with Gasteiger partial charge in [0.25, 0.3) is 0 Å². The summed E-state index contributed by atoms with van der Waals surface area (Å²) < 4.78 is 43.3. The highest BCUT2D eigenvalue weighted by molar-refractivity contribution is 5.97. The summed E-state index contributed by atoms with van der Waals surface area (Å²) in [6.07, 6.45) is 13.7. The van der Waals surface area contributed by atoms with E-state index >= 15 is 0 Å². The molecule has 0 unspecified atom stereocenters. The Bertz CT molecular complexity index is 3370. The molecule has 4 aromatic heterocycles. The van der Waals surface area contributed by atoms with Crippen molar-refractivity contribution in [1.29, 1.82) is 0 Å². The van der Waals surface area contributed by atoms with Crippen molar-refractivity contribution in [2.24, 2.45) is 25.6 Å². The molecule has 0 bridgehead atoms. The average molecular weight is 1050 g/mol. The molecule has 0 amide bonds. The molecular formula is C60H58F2N12O4. The first-order valence-corrected chi connectivity index (χ1v) is 25.7. The van der Waals surface area contributed by atoms with E-state index in [9.17, 15) is 18.4 Å². The Morgan fingerprint density at radius 3 is 1.37 bits per heavy atom. The third-order valence-corrected chi connectivity index (χ3v) is 14.8. The first-order chi connectivity index (χ1) is 37.8. The Hall–Kier alpha value is -8.84. The minimum atomic E-state index is -0.527. The third-order valence-electron chi connectivity index (χ3n) is 14.8. The Kier molecular flexibility index (Phi) is 16.6. The summed E-state index contributed by atoms with van der Waals surface area (Å²) in [5.74, 6) is -0.172. The zero-order valence-electron chi connectivity index (χ0n) is 43.8. The van der Waals surface area contributed by atoms with Crippen LogP contribution in [0.25, 0.3) is 55.0 Å². The number of carbonyl (C=O) groups is 2. The molecular weight excluding hydrogens is 991 g/mol. The highest BCUT2D eigenvalue weighted by Crippen LogP contribution is 2.41. The molecule has 0 radical (unpaired) electrons. The van der Waals surface area contributed by atoms with Gasteiger partial charge in [-0.25, -0.2) is 38.4 Å². The molecule has 2 aliphatic rings. The van der Waals surface area contributed by atoms with Crippen LogP contribution in [0.15, 0.2) is 110 Å². The Balaban J connectivity index is 0.000000190. The van der Waals surface area contributed by atoms with Crippen molar-refractivity contribution in [2.75, 3.05) is 14.2 Å². The van der Waals surface area contributed by atoms with Crippen molar-refractivity contribution < 1.29 is 27.8 Å². The number of ketones is 2. The van der Waals surface area contributed by atoms with Crippen LogP contribution in [0.3, 0.4) is 0 Å². The van der Waals surface area contributed by atoms with Gasteiger partial charge in [-0.15, -0.1) is 0 Å². The number of halogens is 2. The maximum absolute atomic E-state index is 14.6. The van der Waals surface area contributed by atoms with Crippen LogP contribution < -0.4 is 20.9 Å². The fraction of sp³-hybridized carbons (Fsp3) is 0.300. The van der Waals surface area contributed by atoms with Gasteiger partial charge in [0.2, 0.25) is 11.4 Å². The van der Waals surface area contributed by atoms with Crippen molar-refractivity contribution in [3.05, 3.63) is 178 Å². The SMILES string of the molecule is [C-]#[N+]c1cnn(C)c1-c1ccc(CC(=O)c2ccnc(-c3c(F)cccc3OC)n2)c(C2CCC(N)CC2)c1.[C-]#[N+]c1cnn(C)c1-c1ccc(CC(=O)c2ccnc(-c3c(F)cccc3OC)n2)c(C2CCC(N)CC2)c1. The smallest absolute Gasteiger partial charge is 0.232 e. The summed E-state index contributed by atoms with van der Waals surface area (Å²) in [5, 5.41) is 8.52. The molecule has 18 heteroatoms. The molecule has 8 aromatic rings. The third kappa shape index (κ3) is 11.6. The summed E-state index contributed by atoms with van der Waals surface area (Å²) in [7, 11) is 6.53. The van der Waals surface area contributed by atoms with Crippen LogP contribution in [0.2, 0.25) is 0 Å². The number of ether oxygens (including phenoxy) is 2. The number of Topliss-reactive ketones (excluding diaryl/α,β-unsaturated/α-hetero) is 2. The summed E-state index contributed by atoms with van der Waals surface area (Å²) in [5.41, 5.74) is 21.2. The molecule has 2 aliphatic carbocycles. The van der Waals surface area contributed by atoms with Gasteiger partial charge < -0.3 is 20.9 Å². The molecule has 0 saturated heterocycles. The van der Waals surface area contributed by atoms with E-state index in [0.29, 0.717) is 22.9 Å². The lowest BCUT2D eigenvalue weighted by molar-refractivity contribution is 0.0979. The van der Waals surface area contributed by atoms with Gasteiger partial charge in [0.05, 0.1) is 62.3 Å². The maximum atomic E-state index is 14.6. The molecule has 78 heavy (non-hydrogen) atoms. The standard InChI is InChI=1S/2C30H29FN6O2/c2*1-33-25-17-35-37(2)29(25)20-8-7-19(22(15-20)18-9-11-21(32)12-10-18)16-26(38)24-13-14-34-30(36-24)28-23(31)5-4-6-27(28)39-3/h2*4-8,13-15,17-18,21H,9-12,16,32H2,2-3H3. The maximum Gasteiger partial charge on any atom is 0.232 e. The lowest BCUT2D eigenvalue weighted by Gasteiger charge is -2.28. The van der Waals surface area contributed by atoms with Gasteiger partial charge in [0.15, 0.2) is 23.2 Å². The van der Waals surface area contributed by atoms with E-state index in [4.69, 9.17) is 34.1 Å². The van der Waals surface area contributed by atoms with Crippen LogP contribution in [0, 0.1) is 24.8 Å². The molecule has 16 nitrogen and oxygen atoms in total. The molecule has 10 rings (SSSR count). The Labute approximate surface area is 451 Å². The van der Waals surface area contributed by atoms with Crippen LogP contribution in [-0.4, -0.2) is 77.4 Å². The minimum Gasteiger partial charge on any atom is -0.496 e. The van der Waals surface area contributed by atoms with E-state index in [1.165, 1.54) is 38.7 Å². The molecule has 4 aromatic carbocycles. The number of methoxy groups -OCH3 is 2. The lowest BCUT2D eigenvalue weighted by atomic mass is 9.79. The van der Waals surface area contributed by atoms with E-state index in [1.54, 1.807) is 58.2 Å². The Morgan fingerprint density at radius 1 is 0.603 bits per heavy atom. The van der Waals surface area contributed by atoms with Gasteiger partial charge in [-0.05, 0) is 133 Å². The number of aryl methyl sites for hydroxylation is 2. The number of nitrogens with zero attached hydrogens (tertiary/aromatic N) is 10. The van der Waals surface area contributed by atoms with E-state index in [0.717, 1.165) is 96.1 Å². The number of carbonyl (C=O) groups excluding carboxylic acids is 2. The van der Waals surface area contributed by atoms with Crippen molar-refractivity contribution in [2.45, 2.75) is 88.1 Å². The fourth-order valence-electron chi connectivity index (χ4n) is 10.7. The normalized spacial score (nSPS) is 17.0. The number of hydrogen-bond acceptors (Lipinski definition) is 12. The molecule has 4 heterocycles. The van der Waals surface area contributed by atoms with Gasteiger partial charge in [-0.3, -0.25) is 19.0 Å². The summed E-state index contributed by atoms with van der Waals surface area (Å²) in [6.45, 7) is 15.1. The molecule has 0 aliphatic heterocycles. The van der Waals surface area contributed by atoms with E-state index in [2.05, 4.69) is 52.0 Å². The van der Waals surface area contributed by atoms with Gasteiger partial charge >= 0.3 is 0 Å². The largest absolute Gasteiger partial charge is 0.496 e. The number of hydrogen-bond donors (Lipinski definition) is 2.